The van der Waals surface area contributed by atoms with Crippen LogP contribution >= 0.6 is 11.8 Å². The van der Waals surface area contributed by atoms with Crippen LogP contribution in [0.25, 0.3) is 0 Å². The Morgan fingerprint density at radius 3 is 3.08 bits per heavy atom. The van der Waals surface area contributed by atoms with Crippen LogP contribution in [0, 0.1) is 5.41 Å². The summed E-state index contributed by atoms with van der Waals surface area (Å²) in [5.41, 5.74) is 0. The molecule has 0 spiro atoms. The summed E-state index contributed by atoms with van der Waals surface area (Å²) in [6, 6.07) is 4.06. The molecule has 0 radical (unpaired) electrons. The molecule has 1 saturated heterocycles. The van der Waals surface area contributed by atoms with Crippen molar-refractivity contribution in [2.24, 2.45) is 0 Å². The third-order valence-electron chi connectivity index (χ3n) is 1.93. The highest BCUT2D eigenvalue weighted by atomic mass is 32.2. The van der Waals surface area contributed by atoms with Crippen LogP contribution in [0.5, 0.6) is 0 Å². The van der Waals surface area contributed by atoms with E-state index in [2.05, 4.69) is 17.1 Å². The third kappa shape index (κ3) is 1.51. The number of nitrogens with zero attached hydrogens (tertiary/aromatic N) is 3. The van der Waals surface area contributed by atoms with E-state index in [0.29, 0.717) is 11.2 Å². The molecule has 68 valence electrons. The molecule has 1 fully saturated rings. The first-order valence-corrected chi connectivity index (χ1v) is 5.06. The van der Waals surface area contributed by atoms with Gasteiger partial charge in [0.05, 0.1) is 0 Å². The standard InChI is InChI=1S/C8H10N4S/c1-6-5-13-8(9)12(6)7-3-2-4-10-11-7/h2-4,6,9H,5H2,1H3. The van der Waals surface area contributed by atoms with Gasteiger partial charge in [-0.1, -0.05) is 11.8 Å². The number of rotatable bonds is 1. The molecule has 0 amide bonds. The van der Waals surface area contributed by atoms with Crippen LogP contribution in [0.2, 0.25) is 0 Å². The number of anilines is 1. The Balaban J connectivity index is 2.30. The second kappa shape index (κ2) is 3.33. The van der Waals surface area contributed by atoms with Crippen LogP contribution in [0.3, 0.4) is 0 Å². The van der Waals surface area contributed by atoms with Gasteiger partial charge < -0.3 is 4.90 Å². The van der Waals surface area contributed by atoms with Gasteiger partial charge in [-0.3, -0.25) is 5.41 Å². The summed E-state index contributed by atoms with van der Waals surface area (Å²) in [4.78, 5) is 1.90. The van der Waals surface area contributed by atoms with Crippen molar-refractivity contribution in [3.8, 4) is 0 Å². The summed E-state index contributed by atoms with van der Waals surface area (Å²) in [5, 5.41) is 16.0. The maximum absolute atomic E-state index is 7.69. The quantitative estimate of drug-likeness (QED) is 0.733. The molecule has 13 heavy (non-hydrogen) atoms. The summed E-state index contributed by atoms with van der Waals surface area (Å²) in [7, 11) is 0. The zero-order valence-electron chi connectivity index (χ0n) is 7.27. The van der Waals surface area contributed by atoms with Gasteiger partial charge in [-0.25, -0.2) is 0 Å². The highest BCUT2D eigenvalue weighted by molar-refractivity contribution is 8.14. The average Bonchev–Trinajstić information content (AvgIpc) is 2.48. The van der Waals surface area contributed by atoms with Crippen molar-refractivity contribution in [2.45, 2.75) is 13.0 Å². The lowest BCUT2D eigenvalue weighted by Gasteiger charge is -2.19. The number of aromatic nitrogens is 2. The Morgan fingerprint density at radius 1 is 1.69 bits per heavy atom. The Kier molecular flexibility index (Phi) is 2.18. The molecule has 0 aliphatic carbocycles. The normalized spacial score (nSPS) is 22.4. The fraction of sp³-hybridized carbons (Fsp3) is 0.375. The zero-order chi connectivity index (χ0) is 9.26. The van der Waals surface area contributed by atoms with Crippen molar-refractivity contribution in [2.75, 3.05) is 10.7 Å². The van der Waals surface area contributed by atoms with Crippen LogP contribution in [0.15, 0.2) is 18.3 Å². The Bertz CT molecular complexity index is 313. The predicted molar refractivity (Wildman–Crippen MR) is 54.2 cm³/mol. The minimum atomic E-state index is 0.342. The molecule has 1 N–H and O–H groups in total. The number of amidine groups is 1. The molecule has 0 bridgehead atoms. The van der Waals surface area contributed by atoms with E-state index in [1.54, 1.807) is 18.0 Å². The third-order valence-corrected chi connectivity index (χ3v) is 3.05. The lowest BCUT2D eigenvalue weighted by atomic mass is 10.3. The van der Waals surface area contributed by atoms with Crippen LogP contribution < -0.4 is 4.90 Å². The zero-order valence-corrected chi connectivity index (χ0v) is 8.08. The molecule has 0 aromatic carbocycles. The van der Waals surface area contributed by atoms with E-state index in [9.17, 15) is 0 Å². The smallest absolute Gasteiger partial charge is 0.162 e. The minimum Gasteiger partial charge on any atom is -0.301 e. The van der Waals surface area contributed by atoms with E-state index in [4.69, 9.17) is 5.41 Å². The molecule has 1 unspecified atom stereocenters. The van der Waals surface area contributed by atoms with Crippen LogP contribution in [0.4, 0.5) is 5.82 Å². The lowest BCUT2D eigenvalue weighted by Crippen LogP contribution is -2.31. The molecule has 1 aromatic heterocycles. The topological polar surface area (TPSA) is 52.9 Å². The van der Waals surface area contributed by atoms with Gasteiger partial charge in [0.2, 0.25) is 0 Å². The molecule has 1 aromatic rings. The highest BCUT2D eigenvalue weighted by Gasteiger charge is 2.27. The molecule has 1 aliphatic heterocycles. The molecule has 5 heteroatoms. The fourth-order valence-electron chi connectivity index (χ4n) is 1.30. The van der Waals surface area contributed by atoms with Crippen molar-refractivity contribution in [1.82, 2.24) is 10.2 Å². The monoisotopic (exact) mass is 194 g/mol. The van der Waals surface area contributed by atoms with Gasteiger partial charge in [-0.05, 0) is 19.1 Å². The van der Waals surface area contributed by atoms with Crippen LogP contribution in [-0.4, -0.2) is 27.2 Å². The maximum Gasteiger partial charge on any atom is 0.162 e. The summed E-state index contributed by atoms with van der Waals surface area (Å²) in [5.74, 6) is 1.72. The number of thioether (sulfide) groups is 1. The number of nitrogens with one attached hydrogen (secondary N) is 1. The summed E-state index contributed by atoms with van der Waals surface area (Å²) < 4.78 is 0. The van der Waals surface area contributed by atoms with Gasteiger partial charge >= 0.3 is 0 Å². The molecule has 1 aliphatic rings. The second-order valence-electron chi connectivity index (χ2n) is 2.92. The van der Waals surface area contributed by atoms with Crippen molar-refractivity contribution in [3.63, 3.8) is 0 Å². The molecule has 2 heterocycles. The second-order valence-corrected chi connectivity index (χ2v) is 3.93. The lowest BCUT2D eigenvalue weighted by molar-refractivity contribution is 0.811. The first-order chi connectivity index (χ1) is 6.29. The molecule has 1 atom stereocenters. The summed E-state index contributed by atoms with van der Waals surface area (Å²) in [6.45, 7) is 2.09. The fourth-order valence-corrected chi connectivity index (χ4v) is 2.26. The van der Waals surface area contributed by atoms with Crippen molar-refractivity contribution in [3.05, 3.63) is 18.3 Å². The van der Waals surface area contributed by atoms with Crippen LogP contribution in [0.1, 0.15) is 6.92 Å². The molecule has 0 saturated carbocycles. The maximum atomic E-state index is 7.69. The van der Waals surface area contributed by atoms with Crippen LogP contribution in [-0.2, 0) is 0 Å². The average molecular weight is 194 g/mol. The summed E-state index contributed by atoms with van der Waals surface area (Å²) >= 11 is 1.55. The Hall–Kier alpha value is -1.10. The predicted octanol–water partition coefficient (Wildman–Crippen LogP) is 1.35. The van der Waals surface area contributed by atoms with E-state index in [0.717, 1.165) is 11.6 Å². The van der Waals surface area contributed by atoms with Gasteiger partial charge in [0.1, 0.15) is 0 Å². The largest absolute Gasteiger partial charge is 0.301 e. The van der Waals surface area contributed by atoms with Gasteiger partial charge in [-0.2, -0.15) is 5.10 Å². The van der Waals surface area contributed by atoms with Crippen molar-refractivity contribution >= 4 is 22.7 Å². The Morgan fingerprint density at radius 2 is 2.54 bits per heavy atom. The number of hydrogen-bond acceptors (Lipinski definition) is 4. The van der Waals surface area contributed by atoms with E-state index < -0.39 is 0 Å². The molecular weight excluding hydrogens is 184 g/mol. The van der Waals surface area contributed by atoms with Gasteiger partial charge in [0, 0.05) is 18.0 Å². The SMILES string of the molecule is CC1CSC(=N)N1c1cccnn1. The van der Waals surface area contributed by atoms with E-state index in [1.165, 1.54) is 0 Å². The van der Waals surface area contributed by atoms with E-state index >= 15 is 0 Å². The Labute approximate surface area is 80.9 Å². The highest BCUT2D eigenvalue weighted by Crippen LogP contribution is 2.26. The van der Waals surface area contributed by atoms with Gasteiger partial charge in [-0.15, -0.1) is 5.10 Å². The van der Waals surface area contributed by atoms with E-state index in [-0.39, 0.29) is 0 Å². The van der Waals surface area contributed by atoms with Crippen molar-refractivity contribution in [1.29, 1.82) is 5.41 Å². The first-order valence-electron chi connectivity index (χ1n) is 4.07. The van der Waals surface area contributed by atoms with Gasteiger partial charge in [0.25, 0.3) is 0 Å². The van der Waals surface area contributed by atoms with Gasteiger partial charge in [0.15, 0.2) is 11.0 Å². The summed E-state index contributed by atoms with van der Waals surface area (Å²) in [6.07, 6.45) is 1.64. The van der Waals surface area contributed by atoms with E-state index in [1.807, 2.05) is 17.0 Å². The molecule has 2 rings (SSSR count). The number of hydrogen-bond donors (Lipinski definition) is 1. The first kappa shape index (κ1) is 8.50. The van der Waals surface area contributed by atoms with Crippen molar-refractivity contribution < 1.29 is 0 Å². The minimum absolute atomic E-state index is 0.342. The molecular formula is C8H10N4S. The molecule has 4 nitrogen and oxygen atoms in total.